The standard InChI is InChI=1S/C26H36Cl2N4O3S/c1-30-18-25(8-5-20-3-6-21(27)7-4-20)32(19-24(30)12-16-35-36(2,33)34)23-10-14-31(15-11-23)26-17-22(28)9-13-29-26/h3-4,6-7,9,13,17,23-25H,5,8,10-12,14-16,18-19H2,1-2H3/t24-,25-/m0/s1. The minimum Gasteiger partial charge on any atom is -0.356 e. The largest absolute Gasteiger partial charge is 0.356 e. The molecule has 2 aromatic rings. The zero-order valence-corrected chi connectivity index (χ0v) is 23.4. The van der Waals surface area contributed by atoms with Crippen LogP contribution in [-0.2, 0) is 20.7 Å². The Morgan fingerprint density at radius 3 is 2.39 bits per heavy atom. The summed E-state index contributed by atoms with van der Waals surface area (Å²) in [4.78, 5) is 11.9. The Kier molecular flexibility index (Phi) is 9.52. The van der Waals surface area contributed by atoms with Crippen LogP contribution in [0.1, 0.15) is 31.2 Å². The van der Waals surface area contributed by atoms with Crippen molar-refractivity contribution in [1.82, 2.24) is 14.8 Å². The number of benzene rings is 1. The molecule has 1 aromatic carbocycles. The van der Waals surface area contributed by atoms with E-state index in [9.17, 15) is 8.42 Å². The van der Waals surface area contributed by atoms with Gasteiger partial charge in [-0.3, -0.25) is 9.08 Å². The van der Waals surface area contributed by atoms with E-state index in [1.165, 1.54) is 5.56 Å². The summed E-state index contributed by atoms with van der Waals surface area (Å²) < 4.78 is 28.0. The van der Waals surface area contributed by atoms with Crippen molar-refractivity contribution >= 4 is 39.1 Å². The van der Waals surface area contributed by atoms with Crippen molar-refractivity contribution in [3.8, 4) is 0 Å². The first-order valence-corrected chi connectivity index (χ1v) is 15.2. The molecular weight excluding hydrogens is 519 g/mol. The van der Waals surface area contributed by atoms with E-state index in [-0.39, 0.29) is 12.6 Å². The Hall–Kier alpha value is -1.42. The first kappa shape index (κ1) is 27.6. The third-order valence-electron chi connectivity index (χ3n) is 7.41. The fraction of sp³-hybridized carbons (Fsp3) is 0.577. The fourth-order valence-corrected chi connectivity index (χ4v) is 6.13. The molecule has 3 heterocycles. The third kappa shape index (κ3) is 7.79. The van der Waals surface area contributed by atoms with Crippen LogP contribution in [0.15, 0.2) is 42.6 Å². The lowest BCUT2D eigenvalue weighted by Gasteiger charge is -2.50. The molecule has 1 aromatic heterocycles. The van der Waals surface area contributed by atoms with Gasteiger partial charge in [-0.1, -0.05) is 35.3 Å². The van der Waals surface area contributed by atoms with Crippen LogP contribution in [0.4, 0.5) is 5.82 Å². The van der Waals surface area contributed by atoms with Crippen molar-refractivity contribution < 1.29 is 12.6 Å². The van der Waals surface area contributed by atoms with Crippen molar-refractivity contribution in [3.63, 3.8) is 0 Å². The van der Waals surface area contributed by atoms with Crippen molar-refractivity contribution in [2.75, 3.05) is 51.0 Å². The monoisotopic (exact) mass is 554 g/mol. The van der Waals surface area contributed by atoms with E-state index in [0.717, 1.165) is 69.0 Å². The van der Waals surface area contributed by atoms with Gasteiger partial charge in [0.2, 0.25) is 0 Å². The SMILES string of the molecule is CN1C[C@H](CCc2ccc(Cl)cc2)N(C2CCN(c3cc(Cl)ccn3)CC2)C[C@@H]1CCOS(C)(=O)=O. The molecule has 36 heavy (non-hydrogen) atoms. The number of piperidine rings is 1. The van der Waals surface area contributed by atoms with Crippen LogP contribution in [0.2, 0.25) is 10.0 Å². The quantitative estimate of drug-likeness (QED) is 0.427. The van der Waals surface area contributed by atoms with Crippen molar-refractivity contribution in [3.05, 3.63) is 58.2 Å². The van der Waals surface area contributed by atoms with E-state index in [4.69, 9.17) is 27.4 Å². The molecule has 0 saturated carbocycles. The average Bonchev–Trinajstić information content (AvgIpc) is 2.84. The number of halogens is 2. The summed E-state index contributed by atoms with van der Waals surface area (Å²) in [6.45, 7) is 3.96. The summed E-state index contributed by atoms with van der Waals surface area (Å²) >= 11 is 12.3. The van der Waals surface area contributed by atoms with E-state index >= 15 is 0 Å². The third-order valence-corrected chi connectivity index (χ3v) is 8.49. The Morgan fingerprint density at radius 2 is 1.72 bits per heavy atom. The number of rotatable bonds is 9. The lowest BCUT2D eigenvalue weighted by Crippen LogP contribution is -2.61. The molecule has 0 unspecified atom stereocenters. The van der Waals surface area contributed by atoms with E-state index in [1.54, 1.807) is 12.3 Å². The summed E-state index contributed by atoms with van der Waals surface area (Å²) in [7, 11) is -1.28. The van der Waals surface area contributed by atoms with E-state index in [1.807, 2.05) is 18.2 Å². The zero-order chi connectivity index (χ0) is 25.7. The first-order chi connectivity index (χ1) is 17.2. The minimum atomic E-state index is -3.43. The van der Waals surface area contributed by atoms with E-state index in [0.29, 0.717) is 23.5 Å². The molecule has 2 aliphatic rings. The summed E-state index contributed by atoms with van der Waals surface area (Å²) in [6, 6.07) is 13.0. The Bertz CT molecular complexity index is 1090. The number of pyridine rings is 1. The van der Waals surface area contributed by atoms with Gasteiger partial charge < -0.3 is 9.80 Å². The molecule has 0 spiro atoms. The zero-order valence-electron chi connectivity index (χ0n) is 21.0. The van der Waals surface area contributed by atoms with Crippen molar-refractivity contribution in [2.24, 2.45) is 0 Å². The molecule has 4 rings (SSSR count). The number of aromatic nitrogens is 1. The second-order valence-corrected chi connectivity index (χ2v) is 12.5. The number of anilines is 1. The van der Waals surface area contributed by atoms with Gasteiger partial charge >= 0.3 is 0 Å². The predicted molar refractivity (Wildman–Crippen MR) is 147 cm³/mol. The van der Waals surface area contributed by atoms with Gasteiger partial charge in [0.05, 0.1) is 12.9 Å². The molecule has 0 amide bonds. The van der Waals surface area contributed by atoms with E-state index < -0.39 is 10.1 Å². The topological polar surface area (TPSA) is 66.0 Å². The molecule has 0 aliphatic carbocycles. The smallest absolute Gasteiger partial charge is 0.264 e. The van der Waals surface area contributed by atoms with Gasteiger partial charge in [0.15, 0.2) is 0 Å². The maximum atomic E-state index is 11.5. The highest BCUT2D eigenvalue weighted by molar-refractivity contribution is 7.85. The fourth-order valence-electron chi connectivity index (χ4n) is 5.45. The predicted octanol–water partition coefficient (Wildman–Crippen LogP) is 4.34. The minimum absolute atomic E-state index is 0.218. The van der Waals surface area contributed by atoms with Gasteiger partial charge in [-0.15, -0.1) is 0 Å². The lowest BCUT2D eigenvalue weighted by molar-refractivity contribution is -0.00190. The molecule has 2 atom stereocenters. The molecular formula is C26H36Cl2N4O3S. The molecule has 0 N–H and O–H groups in total. The first-order valence-electron chi connectivity index (χ1n) is 12.6. The molecule has 2 aliphatic heterocycles. The Balaban J connectivity index is 1.42. The second-order valence-electron chi connectivity index (χ2n) is 9.97. The molecule has 10 heteroatoms. The normalized spacial score (nSPS) is 22.7. The molecule has 7 nitrogen and oxygen atoms in total. The highest BCUT2D eigenvalue weighted by Crippen LogP contribution is 2.29. The average molecular weight is 556 g/mol. The van der Waals surface area contributed by atoms with Gasteiger partial charge in [-0.05, 0) is 69.0 Å². The molecule has 2 fully saturated rings. The van der Waals surface area contributed by atoms with Crippen LogP contribution in [0.5, 0.6) is 0 Å². The number of hydrogen-bond donors (Lipinski definition) is 0. The molecule has 198 valence electrons. The van der Waals surface area contributed by atoms with E-state index in [2.05, 4.69) is 38.9 Å². The number of nitrogens with zero attached hydrogens (tertiary/aromatic N) is 4. The number of aryl methyl sites for hydroxylation is 1. The van der Waals surface area contributed by atoms with Gasteiger partial charge in [0.25, 0.3) is 10.1 Å². The molecule has 2 saturated heterocycles. The highest BCUT2D eigenvalue weighted by Gasteiger charge is 2.37. The number of piperazine rings is 1. The van der Waals surface area contributed by atoms with Crippen LogP contribution in [-0.4, -0.2) is 87.4 Å². The van der Waals surface area contributed by atoms with Crippen LogP contribution < -0.4 is 4.90 Å². The molecule has 0 bridgehead atoms. The summed E-state index contributed by atoms with van der Waals surface area (Å²) in [5, 5.41) is 1.47. The van der Waals surface area contributed by atoms with Crippen LogP contribution in [0, 0.1) is 0 Å². The summed E-state index contributed by atoms with van der Waals surface area (Å²) in [5.41, 5.74) is 1.30. The number of hydrogen-bond acceptors (Lipinski definition) is 7. The lowest BCUT2D eigenvalue weighted by atomic mass is 9.93. The second kappa shape index (κ2) is 12.4. The van der Waals surface area contributed by atoms with Crippen molar-refractivity contribution in [2.45, 2.75) is 50.2 Å². The van der Waals surface area contributed by atoms with Gasteiger partial charge in [0.1, 0.15) is 5.82 Å². The van der Waals surface area contributed by atoms with Crippen molar-refractivity contribution in [1.29, 1.82) is 0 Å². The van der Waals surface area contributed by atoms with Crippen LogP contribution in [0.3, 0.4) is 0 Å². The maximum absolute atomic E-state index is 11.5. The molecule has 0 radical (unpaired) electrons. The van der Waals surface area contributed by atoms with Gasteiger partial charge in [-0.2, -0.15) is 8.42 Å². The summed E-state index contributed by atoms with van der Waals surface area (Å²) in [5.74, 6) is 0.939. The van der Waals surface area contributed by atoms with Gasteiger partial charge in [-0.25, -0.2) is 4.98 Å². The highest BCUT2D eigenvalue weighted by atomic mass is 35.5. The summed E-state index contributed by atoms with van der Waals surface area (Å²) in [6.07, 6.45) is 7.74. The maximum Gasteiger partial charge on any atom is 0.264 e. The van der Waals surface area contributed by atoms with Gasteiger partial charge in [0, 0.05) is 60.5 Å². The number of likely N-dealkylation sites (N-methyl/N-ethyl adjacent to an activating group) is 1. The van der Waals surface area contributed by atoms with Crippen LogP contribution >= 0.6 is 23.2 Å². The van der Waals surface area contributed by atoms with Crippen LogP contribution in [0.25, 0.3) is 0 Å². The Labute approximate surface area is 225 Å². The Morgan fingerprint density at radius 1 is 1.00 bits per heavy atom.